The van der Waals surface area contributed by atoms with Crippen LogP contribution in [0.5, 0.6) is 0 Å². The summed E-state index contributed by atoms with van der Waals surface area (Å²) in [6.07, 6.45) is 5.86. The number of rotatable bonds is 4. The maximum Gasteiger partial charge on any atom is 0.312 e. The number of carboxylic acids is 1. The summed E-state index contributed by atoms with van der Waals surface area (Å²) in [4.78, 5) is 16.8. The normalized spacial score (nSPS) is 18.0. The minimum Gasteiger partial charge on any atom is -0.481 e. The summed E-state index contributed by atoms with van der Waals surface area (Å²) in [7, 11) is 0. The van der Waals surface area contributed by atoms with Crippen molar-refractivity contribution >= 4 is 22.4 Å². The van der Waals surface area contributed by atoms with Gasteiger partial charge in [0.05, 0.1) is 18.2 Å². The number of hydrogen-bond acceptors (Lipinski definition) is 5. The van der Waals surface area contributed by atoms with Crippen molar-refractivity contribution in [2.75, 3.05) is 5.32 Å². The zero-order valence-electron chi connectivity index (χ0n) is 10.3. The second kappa shape index (κ2) is 5.05. The van der Waals surface area contributed by atoms with Gasteiger partial charge in [0, 0.05) is 17.0 Å². The lowest BCUT2D eigenvalue weighted by atomic mass is 9.91. The molecule has 0 amide bonds. The van der Waals surface area contributed by atoms with Gasteiger partial charge in [0.25, 0.3) is 0 Å². The summed E-state index contributed by atoms with van der Waals surface area (Å²) in [5.41, 5.74) is 1.79. The van der Waals surface area contributed by atoms with Crippen LogP contribution >= 0.6 is 11.3 Å². The van der Waals surface area contributed by atoms with E-state index in [1.807, 2.05) is 6.07 Å². The van der Waals surface area contributed by atoms with Crippen LogP contribution in [0.25, 0.3) is 0 Å². The summed E-state index contributed by atoms with van der Waals surface area (Å²) in [5.74, 6) is -1.21. The lowest BCUT2D eigenvalue weighted by Gasteiger charge is -2.16. The fourth-order valence-electron chi connectivity index (χ4n) is 2.31. The first-order chi connectivity index (χ1) is 9.24. The summed E-state index contributed by atoms with van der Waals surface area (Å²) < 4.78 is 5.00. The van der Waals surface area contributed by atoms with Gasteiger partial charge in [0.1, 0.15) is 5.92 Å². The van der Waals surface area contributed by atoms with E-state index in [0.29, 0.717) is 13.0 Å². The Kier molecular flexibility index (Phi) is 3.25. The van der Waals surface area contributed by atoms with Gasteiger partial charge < -0.3 is 14.8 Å². The van der Waals surface area contributed by atoms with Gasteiger partial charge in [0.15, 0.2) is 5.13 Å². The molecule has 100 valence electrons. The topological polar surface area (TPSA) is 75.4 Å². The van der Waals surface area contributed by atoms with Gasteiger partial charge >= 0.3 is 5.97 Å². The molecule has 0 aromatic carbocycles. The van der Waals surface area contributed by atoms with Crippen molar-refractivity contribution in [3.8, 4) is 0 Å². The molecule has 19 heavy (non-hydrogen) atoms. The quantitative estimate of drug-likeness (QED) is 0.899. The van der Waals surface area contributed by atoms with E-state index < -0.39 is 11.9 Å². The third-order valence-corrected chi connectivity index (χ3v) is 4.36. The maximum atomic E-state index is 11.2. The molecule has 2 heterocycles. The number of anilines is 1. The Morgan fingerprint density at radius 3 is 3.26 bits per heavy atom. The highest BCUT2D eigenvalue weighted by molar-refractivity contribution is 7.15. The Labute approximate surface area is 114 Å². The molecule has 1 unspecified atom stereocenters. The van der Waals surface area contributed by atoms with E-state index in [4.69, 9.17) is 4.42 Å². The molecule has 0 saturated carbocycles. The largest absolute Gasteiger partial charge is 0.481 e. The molecule has 2 aromatic heterocycles. The third-order valence-electron chi connectivity index (χ3n) is 3.28. The monoisotopic (exact) mass is 278 g/mol. The lowest BCUT2D eigenvalue weighted by Crippen LogP contribution is -2.17. The number of fused-ring (bicyclic) bond motifs is 1. The SMILES string of the molecule is O=C(O)C1CCCc2sc(NCc3ccoc3)nc21. The predicted molar refractivity (Wildman–Crippen MR) is 71.5 cm³/mol. The molecule has 5 nitrogen and oxygen atoms in total. The molecule has 0 bridgehead atoms. The molecule has 0 spiro atoms. The zero-order valence-corrected chi connectivity index (χ0v) is 11.1. The second-order valence-corrected chi connectivity index (χ2v) is 5.68. The molecule has 6 heteroatoms. The summed E-state index contributed by atoms with van der Waals surface area (Å²) in [5, 5.41) is 13.2. The highest BCUT2D eigenvalue weighted by Gasteiger charge is 2.29. The zero-order chi connectivity index (χ0) is 13.2. The van der Waals surface area contributed by atoms with Crippen LogP contribution in [-0.4, -0.2) is 16.1 Å². The second-order valence-electron chi connectivity index (χ2n) is 4.60. The number of carboxylic acid groups (broad SMARTS) is 1. The van der Waals surface area contributed by atoms with Crippen LogP contribution in [0, 0.1) is 0 Å². The van der Waals surface area contributed by atoms with E-state index in [1.165, 1.54) is 0 Å². The van der Waals surface area contributed by atoms with E-state index in [9.17, 15) is 9.90 Å². The Hall–Kier alpha value is -1.82. The molecule has 0 radical (unpaired) electrons. The number of thiazole rings is 1. The van der Waals surface area contributed by atoms with Crippen molar-refractivity contribution < 1.29 is 14.3 Å². The smallest absolute Gasteiger partial charge is 0.312 e. The van der Waals surface area contributed by atoms with E-state index in [0.717, 1.165) is 34.1 Å². The first-order valence-electron chi connectivity index (χ1n) is 6.21. The minimum absolute atomic E-state index is 0.440. The number of nitrogens with one attached hydrogen (secondary N) is 1. The molecule has 2 N–H and O–H groups in total. The standard InChI is InChI=1S/C13H14N2O3S/c16-12(17)9-2-1-3-10-11(9)15-13(19-10)14-6-8-4-5-18-7-8/h4-5,7,9H,1-3,6H2,(H,14,15)(H,16,17). The molecule has 3 rings (SSSR count). The molecular formula is C13H14N2O3S. The summed E-state index contributed by atoms with van der Waals surface area (Å²) in [6, 6.07) is 1.89. The lowest BCUT2D eigenvalue weighted by molar-refractivity contribution is -0.139. The van der Waals surface area contributed by atoms with Crippen LogP contribution in [0.1, 0.15) is 34.9 Å². The average Bonchev–Trinajstić information content (AvgIpc) is 3.04. The van der Waals surface area contributed by atoms with E-state index >= 15 is 0 Å². The number of aryl methyl sites for hydroxylation is 1. The Balaban J connectivity index is 1.76. The van der Waals surface area contributed by atoms with Crippen molar-refractivity contribution in [2.24, 2.45) is 0 Å². The molecule has 1 atom stereocenters. The number of nitrogens with zero attached hydrogens (tertiary/aromatic N) is 1. The van der Waals surface area contributed by atoms with Crippen LogP contribution in [-0.2, 0) is 17.8 Å². The maximum absolute atomic E-state index is 11.2. The molecule has 1 aliphatic carbocycles. The first kappa shape index (κ1) is 12.2. The molecule has 0 saturated heterocycles. The van der Waals surface area contributed by atoms with Gasteiger partial charge in [0.2, 0.25) is 0 Å². The van der Waals surface area contributed by atoms with Crippen molar-refractivity contribution in [3.05, 3.63) is 34.7 Å². The number of aliphatic carboxylic acids is 1. The van der Waals surface area contributed by atoms with Crippen LogP contribution in [0.2, 0.25) is 0 Å². The van der Waals surface area contributed by atoms with Crippen LogP contribution in [0.15, 0.2) is 23.0 Å². The number of hydrogen-bond donors (Lipinski definition) is 2. The number of furan rings is 1. The van der Waals surface area contributed by atoms with Gasteiger partial charge in [-0.25, -0.2) is 4.98 Å². The Bertz CT molecular complexity index is 577. The number of carbonyl (C=O) groups is 1. The van der Waals surface area contributed by atoms with E-state index in [-0.39, 0.29) is 0 Å². The minimum atomic E-state index is -0.771. The molecule has 0 fully saturated rings. The fourth-order valence-corrected chi connectivity index (χ4v) is 3.37. The van der Waals surface area contributed by atoms with Crippen molar-refractivity contribution in [1.82, 2.24) is 4.98 Å². The fraction of sp³-hybridized carbons (Fsp3) is 0.385. The predicted octanol–water partition coefficient (Wildman–Crippen LogP) is 2.85. The van der Waals surface area contributed by atoms with Crippen LogP contribution < -0.4 is 5.32 Å². The highest BCUT2D eigenvalue weighted by atomic mass is 32.1. The summed E-state index contributed by atoms with van der Waals surface area (Å²) >= 11 is 1.56. The Morgan fingerprint density at radius 1 is 1.63 bits per heavy atom. The molecular weight excluding hydrogens is 264 g/mol. The molecule has 2 aromatic rings. The van der Waals surface area contributed by atoms with Crippen LogP contribution in [0.3, 0.4) is 0 Å². The van der Waals surface area contributed by atoms with Crippen molar-refractivity contribution in [3.63, 3.8) is 0 Å². The van der Waals surface area contributed by atoms with Gasteiger partial charge in [-0.15, -0.1) is 11.3 Å². The highest BCUT2D eigenvalue weighted by Crippen LogP contribution is 2.36. The average molecular weight is 278 g/mol. The van der Waals surface area contributed by atoms with Gasteiger partial charge in [-0.3, -0.25) is 4.79 Å². The summed E-state index contributed by atoms with van der Waals surface area (Å²) in [6.45, 7) is 0.640. The van der Waals surface area contributed by atoms with Crippen molar-refractivity contribution in [2.45, 2.75) is 31.7 Å². The van der Waals surface area contributed by atoms with E-state index in [1.54, 1.807) is 23.9 Å². The van der Waals surface area contributed by atoms with Crippen molar-refractivity contribution in [1.29, 1.82) is 0 Å². The third kappa shape index (κ3) is 2.49. The van der Waals surface area contributed by atoms with Gasteiger partial charge in [-0.1, -0.05) is 0 Å². The first-order valence-corrected chi connectivity index (χ1v) is 7.03. The van der Waals surface area contributed by atoms with Gasteiger partial charge in [-0.2, -0.15) is 0 Å². The molecule has 0 aliphatic heterocycles. The Morgan fingerprint density at radius 2 is 2.53 bits per heavy atom. The van der Waals surface area contributed by atoms with E-state index in [2.05, 4.69) is 10.3 Å². The number of aromatic nitrogens is 1. The van der Waals surface area contributed by atoms with Crippen LogP contribution in [0.4, 0.5) is 5.13 Å². The van der Waals surface area contributed by atoms with Gasteiger partial charge in [-0.05, 0) is 25.3 Å². The molecule has 1 aliphatic rings.